The Bertz CT molecular complexity index is 999. The van der Waals surface area contributed by atoms with E-state index in [1.54, 1.807) is 43.3 Å². The van der Waals surface area contributed by atoms with E-state index in [0.717, 1.165) is 12.8 Å². The topological polar surface area (TPSA) is 75.7 Å². The number of carbonyl (C=O) groups excluding carboxylic acids is 3. The molecule has 2 aromatic carbocycles. The number of esters is 1. The molecule has 1 aliphatic heterocycles. The summed E-state index contributed by atoms with van der Waals surface area (Å²) in [4.78, 5) is 39.9. The van der Waals surface area contributed by atoms with Crippen LogP contribution < -0.4 is 10.2 Å². The number of fused-ring (bicyclic) bond motifs is 1. The third kappa shape index (κ3) is 4.04. The predicted octanol–water partition coefficient (Wildman–Crippen LogP) is 3.94. The Morgan fingerprint density at radius 2 is 1.81 bits per heavy atom. The number of rotatable bonds is 4. The number of amides is 2. The van der Waals surface area contributed by atoms with Gasteiger partial charge in [0.2, 0.25) is 5.91 Å². The van der Waals surface area contributed by atoms with Crippen LogP contribution in [0.2, 0.25) is 0 Å². The third-order valence-corrected chi connectivity index (χ3v) is 6.20. The van der Waals surface area contributed by atoms with Crippen molar-refractivity contribution in [3.05, 3.63) is 59.9 Å². The standard InChI is InChI=1S/C24H25FN2O4/c1-16-14-21(28)26-19-6-2-3-7-20(19)27(16)22(29)15-31-23(30)24(12-4-5-13-24)17-8-10-18(25)11-9-17/h2-3,6-11,16H,4-5,12-15H2,1H3,(H,26,28)/t16-/m1/s1. The van der Waals surface area contributed by atoms with Crippen molar-refractivity contribution < 1.29 is 23.5 Å². The summed E-state index contributed by atoms with van der Waals surface area (Å²) in [6.45, 7) is 1.37. The first-order valence-corrected chi connectivity index (χ1v) is 10.5. The summed E-state index contributed by atoms with van der Waals surface area (Å²) < 4.78 is 18.9. The van der Waals surface area contributed by atoms with Gasteiger partial charge < -0.3 is 15.0 Å². The molecule has 1 fully saturated rings. The lowest BCUT2D eigenvalue weighted by molar-refractivity contribution is -0.154. The molecule has 1 atom stereocenters. The van der Waals surface area contributed by atoms with Crippen molar-refractivity contribution in [2.75, 3.05) is 16.8 Å². The minimum Gasteiger partial charge on any atom is -0.455 e. The smallest absolute Gasteiger partial charge is 0.317 e. The fraction of sp³-hybridized carbons (Fsp3) is 0.375. The van der Waals surface area contributed by atoms with Gasteiger partial charge in [0, 0.05) is 12.5 Å². The quantitative estimate of drug-likeness (QED) is 0.755. The molecule has 0 saturated heterocycles. The Morgan fingerprint density at radius 3 is 2.52 bits per heavy atom. The van der Waals surface area contributed by atoms with E-state index < -0.39 is 23.9 Å². The third-order valence-electron chi connectivity index (χ3n) is 6.20. The molecule has 0 radical (unpaired) electrons. The summed E-state index contributed by atoms with van der Waals surface area (Å²) >= 11 is 0. The highest BCUT2D eigenvalue weighted by Gasteiger charge is 2.44. The normalized spacial score (nSPS) is 19.9. The molecule has 2 aliphatic rings. The van der Waals surface area contributed by atoms with Crippen molar-refractivity contribution in [1.82, 2.24) is 0 Å². The zero-order valence-corrected chi connectivity index (χ0v) is 17.4. The second-order valence-electron chi connectivity index (χ2n) is 8.25. The maximum Gasteiger partial charge on any atom is 0.317 e. The van der Waals surface area contributed by atoms with E-state index in [-0.39, 0.29) is 24.2 Å². The van der Waals surface area contributed by atoms with Crippen LogP contribution in [0.15, 0.2) is 48.5 Å². The van der Waals surface area contributed by atoms with Crippen molar-refractivity contribution in [3.8, 4) is 0 Å². The Kier molecular flexibility index (Phi) is 5.76. The van der Waals surface area contributed by atoms with E-state index in [2.05, 4.69) is 5.32 Å². The van der Waals surface area contributed by atoms with Gasteiger partial charge in [-0.15, -0.1) is 0 Å². The van der Waals surface area contributed by atoms with Gasteiger partial charge in [-0.05, 0) is 49.6 Å². The van der Waals surface area contributed by atoms with E-state index in [4.69, 9.17) is 4.74 Å². The van der Waals surface area contributed by atoms with Crippen LogP contribution in [0, 0.1) is 5.82 Å². The molecule has 1 heterocycles. The first-order chi connectivity index (χ1) is 14.9. The lowest BCUT2D eigenvalue weighted by Crippen LogP contribution is -2.43. The Labute approximate surface area is 180 Å². The van der Waals surface area contributed by atoms with Gasteiger partial charge in [-0.2, -0.15) is 0 Å². The minimum absolute atomic E-state index is 0.147. The second-order valence-corrected chi connectivity index (χ2v) is 8.25. The number of hydrogen-bond acceptors (Lipinski definition) is 4. The summed E-state index contributed by atoms with van der Waals surface area (Å²) in [6.07, 6.45) is 3.09. The van der Waals surface area contributed by atoms with Gasteiger partial charge in [-0.3, -0.25) is 14.4 Å². The van der Waals surface area contributed by atoms with Crippen molar-refractivity contribution in [2.24, 2.45) is 0 Å². The van der Waals surface area contributed by atoms with Crippen LogP contribution in [0.5, 0.6) is 0 Å². The molecule has 0 unspecified atom stereocenters. The molecule has 2 amide bonds. The predicted molar refractivity (Wildman–Crippen MR) is 114 cm³/mol. The van der Waals surface area contributed by atoms with E-state index in [0.29, 0.717) is 29.8 Å². The number of nitrogens with one attached hydrogen (secondary N) is 1. The number of carbonyl (C=O) groups is 3. The zero-order valence-electron chi connectivity index (χ0n) is 17.4. The maximum atomic E-state index is 13.4. The number of para-hydroxylation sites is 2. The zero-order chi connectivity index (χ0) is 22.0. The van der Waals surface area contributed by atoms with E-state index >= 15 is 0 Å². The summed E-state index contributed by atoms with van der Waals surface area (Å²) in [6, 6.07) is 12.6. The van der Waals surface area contributed by atoms with E-state index in [1.165, 1.54) is 17.0 Å². The lowest BCUT2D eigenvalue weighted by atomic mass is 9.79. The van der Waals surface area contributed by atoms with Crippen LogP contribution in [0.25, 0.3) is 0 Å². The molecule has 2 aromatic rings. The lowest BCUT2D eigenvalue weighted by Gasteiger charge is -2.30. The molecule has 1 aliphatic carbocycles. The van der Waals surface area contributed by atoms with Gasteiger partial charge in [0.1, 0.15) is 5.82 Å². The number of nitrogens with zero attached hydrogens (tertiary/aromatic N) is 1. The molecule has 0 bridgehead atoms. The summed E-state index contributed by atoms with van der Waals surface area (Å²) in [5.41, 5.74) is 0.992. The molecule has 0 aromatic heterocycles. The highest BCUT2D eigenvalue weighted by Crippen LogP contribution is 2.42. The molecule has 4 rings (SSSR count). The highest BCUT2D eigenvalue weighted by atomic mass is 19.1. The fourth-order valence-electron chi connectivity index (χ4n) is 4.66. The van der Waals surface area contributed by atoms with Gasteiger partial charge in [0.25, 0.3) is 5.91 Å². The molecule has 1 saturated carbocycles. The Hall–Kier alpha value is -3.22. The number of hydrogen-bond donors (Lipinski definition) is 1. The SMILES string of the molecule is C[C@@H]1CC(=O)Nc2ccccc2N1C(=O)COC(=O)C1(c2ccc(F)cc2)CCCC1. The first kappa shape index (κ1) is 21.0. The van der Waals surface area contributed by atoms with Crippen molar-refractivity contribution in [1.29, 1.82) is 0 Å². The van der Waals surface area contributed by atoms with Gasteiger partial charge >= 0.3 is 5.97 Å². The average molecular weight is 424 g/mol. The molecule has 1 N–H and O–H groups in total. The largest absolute Gasteiger partial charge is 0.455 e. The number of anilines is 2. The summed E-state index contributed by atoms with van der Waals surface area (Å²) in [5.74, 6) is -1.39. The van der Waals surface area contributed by atoms with Crippen LogP contribution in [0.3, 0.4) is 0 Å². The molecule has 6 nitrogen and oxygen atoms in total. The van der Waals surface area contributed by atoms with Crippen molar-refractivity contribution in [3.63, 3.8) is 0 Å². The van der Waals surface area contributed by atoms with Gasteiger partial charge in [-0.1, -0.05) is 37.1 Å². The van der Waals surface area contributed by atoms with Gasteiger partial charge in [-0.25, -0.2) is 4.39 Å². The maximum absolute atomic E-state index is 13.4. The average Bonchev–Trinajstić information content (AvgIpc) is 3.20. The van der Waals surface area contributed by atoms with Crippen LogP contribution >= 0.6 is 0 Å². The van der Waals surface area contributed by atoms with Gasteiger partial charge in [0.15, 0.2) is 6.61 Å². The fourth-order valence-corrected chi connectivity index (χ4v) is 4.66. The van der Waals surface area contributed by atoms with Crippen molar-refractivity contribution >= 4 is 29.2 Å². The number of benzene rings is 2. The molecule has 31 heavy (non-hydrogen) atoms. The second kappa shape index (κ2) is 8.49. The molecule has 7 heteroatoms. The Balaban J connectivity index is 1.53. The molecular formula is C24H25FN2O4. The number of halogens is 1. The molecular weight excluding hydrogens is 399 g/mol. The van der Waals surface area contributed by atoms with Crippen LogP contribution in [-0.4, -0.2) is 30.4 Å². The van der Waals surface area contributed by atoms with Crippen LogP contribution in [-0.2, 0) is 24.5 Å². The summed E-state index contributed by atoms with van der Waals surface area (Å²) in [7, 11) is 0. The highest BCUT2D eigenvalue weighted by molar-refractivity contribution is 6.05. The molecule has 162 valence electrons. The summed E-state index contributed by atoms with van der Waals surface area (Å²) in [5, 5.41) is 2.81. The van der Waals surface area contributed by atoms with Crippen LogP contribution in [0.1, 0.15) is 44.6 Å². The monoisotopic (exact) mass is 424 g/mol. The molecule has 0 spiro atoms. The Morgan fingerprint density at radius 1 is 1.13 bits per heavy atom. The van der Waals surface area contributed by atoms with E-state index in [1.807, 2.05) is 0 Å². The van der Waals surface area contributed by atoms with Gasteiger partial charge in [0.05, 0.1) is 16.8 Å². The van der Waals surface area contributed by atoms with Crippen molar-refractivity contribution in [2.45, 2.75) is 50.5 Å². The minimum atomic E-state index is -0.853. The van der Waals surface area contributed by atoms with E-state index in [9.17, 15) is 18.8 Å². The van der Waals surface area contributed by atoms with Crippen LogP contribution in [0.4, 0.5) is 15.8 Å². The first-order valence-electron chi connectivity index (χ1n) is 10.5. The number of ether oxygens (including phenoxy) is 1.